The fourth-order valence-corrected chi connectivity index (χ4v) is 6.79. The maximum absolute atomic E-state index is 12.4. The van der Waals surface area contributed by atoms with Crippen molar-refractivity contribution in [2.24, 2.45) is 28.6 Å². The van der Waals surface area contributed by atoms with Crippen molar-refractivity contribution in [2.45, 2.75) is 50.7 Å². The summed E-state index contributed by atoms with van der Waals surface area (Å²) < 4.78 is 0. The normalized spacial score (nSPS) is 48.1. The molecule has 0 aliphatic heterocycles. The first-order valence-electron chi connectivity index (χ1n) is 9.70. The van der Waals surface area contributed by atoms with Gasteiger partial charge in [-0.2, -0.15) is 0 Å². The minimum atomic E-state index is -1.79. The number of ketones is 2. The lowest BCUT2D eigenvalue weighted by Crippen LogP contribution is -2.62. The van der Waals surface area contributed by atoms with Gasteiger partial charge in [-0.3, -0.25) is 9.59 Å². The summed E-state index contributed by atoms with van der Waals surface area (Å²) in [6, 6.07) is 0. The number of Topliss-reactive ketones (excluding diaryl/α,β-unsaturated/α-hetero) is 1. The number of hydrogen-bond acceptors (Lipinski definition) is 5. The lowest BCUT2D eigenvalue weighted by molar-refractivity contribution is -0.168. The van der Waals surface area contributed by atoms with Crippen molar-refractivity contribution >= 4 is 11.6 Å². The van der Waals surface area contributed by atoms with Gasteiger partial charge in [0.15, 0.2) is 11.6 Å². The van der Waals surface area contributed by atoms with Gasteiger partial charge in [0.2, 0.25) is 0 Å². The maximum Gasteiger partial charge on any atom is 0.191 e. The smallest absolute Gasteiger partial charge is 0.191 e. The SMILES string of the molecule is C#C[C@]12C[C@H](O)[C@H]3[C@@H](CCC4=CC(=O)C=C[C@@]43C)[C@@H]1CC[C@]2(O)C(=O)CO. The molecule has 0 unspecified atom stereocenters. The zero-order valence-electron chi connectivity index (χ0n) is 15.5. The number of rotatable bonds is 2. The first-order chi connectivity index (χ1) is 12.7. The van der Waals surface area contributed by atoms with E-state index in [0.29, 0.717) is 6.42 Å². The lowest BCUT2D eigenvalue weighted by atomic mass is 9.46. The highest BCUT2D eigenvalue weighted by molar-refractivity contribution is 6.01. The van der Waals surface area contributed by atoms with Gasteiger partial charge in [-0.15, -0.1) is 6.42 Å². The van der Waals surface area contributed by atoms with Crippen LogP contribution in [-0.4, -0.2) is 45.2 Å². The predicted molar refractivity (Wildman–Crippen MR) is 98.2 cm³/mol. The largest absolute Gasteiger partial charge is 0.393 e. The Morgan fingerprint density at radius 2 is 2.15 bits per heavy atom. The Kier molecular flexibility index (Phi) is 4.05. The molecule has 5 nitrogen and oxygen atoms in total. The number of allylic oxidation sites excluding steroid dienone is 4. The van der Waals surface area contributed by atoms with Crippen LogP contribution < -0.4 is 0 Å². The molecule has 5 heteroatoms. The van der Waals surface area contributed by atoms with E-state index < -0.39 is 34.9 Å². The zero-order valence-corrected chi connectivity index (χ0v) is 15.5. The van der Waals surface area contributed by atoms with Crippen molar-refractivity contribution in [1.82, 2.24) is 0 Å². The molecule has 27 heavy (non-hydrogen) atoms. The number of carbonyl (C=O) groups excluding carboxylic acids is 2. The average molecular weight is 370 g/mol. The summed E-state index contributed by atoms with van der Waals surface area (Å²) >= 11 is 0. The molecule has 4 aliphatic carbocycles. The Hall–Kier alpha value is -1.74. The Morgan fingerprint density at radius 1 is 1.41 bits per heavy atom. The molecule has 4 rings (SSSR count). The molecule has 3 fully saturated rings. The summed E-state index contributed by atoms with van der Waals surface area (Å²) in [5, 5.41) is 31.8. The van der Waals surface area contributed by atoms with E-state index in [9.17, 15) is 24.9 Å². The van der Waals surface area contributed by atoms with Crippen LogP contribution in [0.25, 0.3) is 0 Å². The molecule has 0 heterocycles. The van der Waals surface area contributed by atoms with Gasteiger partial charge in [0.25, 0.3) is 0 Å². The molecule has 0 aromatic carbocycles. The summed E-state index contributed by atoms with van der Waals surface area (Å²) in [4.78, 5) is 24.2. The van der Waals surface area contributed by atoms with Crippen LogP contribution in [0.15, 0.2) is 23.8 Å². The number of aliphatic hydroxyl groups is 3. The van der Waals surface area contributed by atoms with Gasteiger partial charge in [-0.25, -0.2) is 0 Å². The highest BCUT2D eigenvalue weighted by atomic mass is 16.3. The molecule has 4 aliphatic rings. The first kappa shape index (κ1) is 18.6. The monoisotopic (exact) mass is 370 g/mol. The highest BCUT2D eigenvalue weighted by Crippen LogP contribution is 2.66. The van der Waals surface area contributed by atoms with E-state index in [2.05, 4.69) is 12.8 Å². The van der Waals surface area contributed by atoms with Gasteiger partial charge < -0.3 is 15.3 Å². The van der Waals surface area contributed by atoms with E-state index in [-0.39, 0.29) is 36.4 Å². The topological polar surface area (TPSA) is 94.8 Å². The summed E-state index contributed by atoms with van der Waals surface area (Å²) in [5.41, 5.74) is -2.32. The summed E-state index contributed by atoms with van der Waals surface area (Å²) in [6.07, 6.45) is 12.7. The molecule has 0 radical (unpaired) electrons. The quantitative estimate of drug-likeness (QED) is 0.635. The lowest BCUT2D eigenvalue weighted by Gasteiger charge is -2.58. The first-order valence-corrected chi connectivity index (χ1v) is 9.70. The Balaban J connectivity index is 1.79. The van der Waals surface area contributed by atoms with Crippen molar-refractivity contribution in [3.63, 3.8) is 0 Å². The van der Waals surface area contributed by atoms with Crippen molar-refractivity contribution in [2.75, 3.05) is 6.61 Å². The number of aliphatic hydroxyl groups excluding tert-OH is 2. The summed E-state index contributed by atoms with van der Waals surface area (Å²) in [7, 11) is 0. The fraction of sp³-hybridized carbons (Fsp3) is 0.636. The standard InChI is InChI=1S/C22H26O5/c1-3-21-11-17(25)19-15(16(21)7-9-22(21,27)18(26)12-23)5-4-13-10-14(24)6-8-20(13,19)2/h1,6,8,10,15-17,19,23,25,27H,4-5,7,9,11-12H2,2H3/t15-,16-,17-,19+,20-,21-,22-/m0/s1. The van der Waals surface area contributed by atoms with Crippen molar-refractivity contribution < 1.29 is 24.9 Å². The molecular formula is C22H26O5. The number of carbonyl (C=O) groups is 2. The number of terminal acetylenes is 1. The summed E-state index contributed by atoms with van der Waals surface area (Å²) in [6.45, 7) is 1.30. The van der Waals surface area contributed by atoms with E-state index in [1.165, 1.54) is 0 Å². The molecule has 0 aromatic rings. The van der Waals surface area contributed by atoms with Gasteiger partial charge in [0.05, 0.1) is 11.5 Å². The fourth-order valence-electron chi connectivity index (χ4n) is 6.79. The molecule has 7 atom stereocenters. The Morgan fingerprint density at radius 3 is 2.81 bits per heavy atom. The number of fused-ring (bicyclic) bond motifs is 5. The van der Waals surface area contributed by atoms with E-state index in [1.54, 1.807) is 12.2 Å². The highest BCUT2D eigenvalue weighted by Gasteiger charge is 2.69. The molecule has 0 saturated heterocycles. The second-order valence-corrected chi connectivity index (χ2v) is 8.89. The minimum Gasteiger partial charge on any atom is -0.393 e. The Bertz CT molecular complexity index is 804. The second kappa shape index (κ2) is 5.88. The van der Waals surface area contributed by atoms with Crippen molar-refractivity contribution in [3.05, 3.63) is 23.8 Å². The van der Waals surface area contributed by atoms with Crippen molar-refractivity contribution in [3.8, 4) is 12.3 Å². The van der Waals surface area contributed by atoms with Crippen LogP contribution in [-0.2, 0) is 9.59 Å². The van der Waals surface area contributed by atoms with Crippen LogP contribution in [0.2, 0.25) is 0 Å². The van der Waals surface area contributed by atoms with Crippen LogP contribution in [0.5, 0.6) is 0 Å². The van der Waals surface area contributed by atoms with Crippen LogP contribution in [0.1, 0.15) is 39.0 Å². The van der Waals surface area contributed by atoms with Crippen molar-refractivity contribution in [1.29, 1.82) is 0 Å². The third-order valence-corrected chi connectivity index (χ3v) is 8.02. The van der Waals surface area contributed by atoms with Gasteiger partial charge >= 0.3 is 0 Å². The van der Waals surface area contributed by atoms with Gasteiger partial charge in [0.1, 0.15) is 12.2 Å². The molecular weight excluding hydrogens is 344 g/mol. The van der Waals surface area contributed by atoms with Crippen LogP contribution in [0, 0.1) is 40.9 Å². The minimum absolute atomic E-state index is 0.0204. The molecule has 3 N–H and O–H groups in total. The molecule has 0 bridgehead atoms. The van der Waals surface area contributed by atoms with E-state index >= 15 is 0 Å². The van der Waals surface area contributed by atoms with Gasteiger partial charge in [-0.1, -0.05) is 24.5 Å². The second-order valence-electron chi connectivity index (χ2n) is 8.89. The van der Waals surface area contributed by atoms with Crippen LogP contribution in [0.3, 0.4) is 0 Å². The number of hydrogen-bond donors (Lipinski definition) is 3. The van der Waals surface area contributed by atoms with E-state index in [0.717, 1.165) is 18.4 Å². The summed E-state index contributed by atoms with van der Waals surface area (Å²) in [5.74, 6) is 1.88. The third-order valence-electron chi connectivity index (χ3n) is 8.02. The van der Waals surface area contributed by atoms with Crippen LogP contribution >= 0.6 is 0 Å². The van der Waals surface area contributed by atoms with E-state index in [1.807, 2.05) is 6.08 Å². The zero-order chi connectivity index (χ0) is 19.6. The molecule has 0 spiro atoms. The van der Waals surface area contributed by atoms with E-state index in [4.69, 9.17) is 6.42 Å². The van der Waals surface area contributed by atoms with Crippen LogP contribution in [0.4, 0.5) is 0 Å². The van der Waals surface area contributed by atoms with Gasteiger partial charge in [-0.05, 0) is 56.1 Å². The maximum atomic E-state index is 12.4. The molecule has 144 valence electrons. The molecule has 0 aromatic heterocycles. The Labute approximate surface area is 159 Å². The molecule has 0 amide bonds. The predicted octanol–water partition coefficient (Wildman–Crippen LogP) is 1.17. The van der Waals surface area contributed by atoms with Gasteiger partial charge in [0, 0.05) is 11.3 Å². The third kappa shape index (κ3) is 2.18. The average Bonchev–Trinajstić information content (AvgIpc) is 2.95. The molecule has 3 saturated carbocycles.